The molecule has 1 heterocycles. The summed E-state index contributed by atoms with van der Waals surface area (Å²) >= 11 is 0. The highest BCUT2D eigenvalue weighted by atomic mass is 16.9. The first-order valence-corrected chi connectivity index (χ1v) is 11.8. The van der Waals surface area contributed by atoms with E-state index in [4.69, 9.17) is 23.7 Å². The van der Waals surface area contributed by atoms with Crippen molar-refractivity contribution in [1.82, 2.24) is 0 Å². The van der Waals surface area contributed by atoms with Gasteiger partial charge in [-0.15, -0.1) is 0 Å². The largest absolute Gasteiger partial charge is 0.433 e. The van der Waals surface area contributed by atoms with Gasteiger partial charge in [0.2, 0.25) is 0 Å². The Morgan fingerprint density at radius 3 is 1.85 bits per heavy atom. The molecular weight excluding hydrogens is 430 g/mol. The Kier molecular flexibility index (Phi) is 9.03. The standard InChI is InChI=1S/C28H33NO5/c1-5-30-27(31-6-2)25(20-19-22-15-11-9-12-16-22)24(21-29)26(23-17-13-10-14-18-23)34-28(27,32-7-3)33-8-4/h9-20,25H,5-8H2,1-4H3/b20-19-. The Labute approximate surface area is 202 Å². The molecule has 3 rings (SSSR count). The average Bonchev–Trinajstić information content (AvgIpc) is 2.86. The van der Waals surface area contributed by atoms with Crippen LogP contribution in [0.1, 0.15) is 38.8 Å². The summed E-state index contributed by atoms with van der Waals surface area (Å²) in [5, 5.41) is 10.4. The lowest BCUT2D eigenvalue weighted by Crippen LogP contribution is -2.67. The zero-order valence-electron chi connectivity index (χ0n) is 20.3. The van der Waals surface area contributed by atoms with Gasteiger partial charge in [0.1, 0.15) is 5.76 Å². The Balaban J connectivity index is 2.33. The number of nitriles is 1. The van der Waals surface area contributed by atoms with E-state index in [9.17, 15) is 5.26 Å². The number of rotatable bonds is 11. The quantitative estimate of drug-likeness (QED) is 0.394. The number of hydrogen-bond acceptors (Lipinski definition) is 6. The van der Waals surface area contributed by atoms with Gasteiger partial charge in [0.15, 0.2) is 0 Å². The summed E-state index contributed by atoms with van der Waals surface area (Å²) in [6.45, 7) is 8.58. The molecule has 0 amide bonds. The van der Waals surface area contributed by atoms with Gasteiger partial charge in [0.25, 0.3) is 5.79 Å². The van der Waals surface area contributed by atoms with Gasteiger partial charge < -0.3 is 23.7 Å². The molecule has 2 aromatic rings. The van der Waals surface area contributed by atoms with Gasteiger partial charge in [0.05, 0.1) is 30.8 Å². The number of nitrogens with zero attached hydrogens (tertiary/aromatic N) is 1. The lowest BCUT2D eigenvalue weighted by atomic mass is 9.83. The van der Waals surface area contributed by atoms with E-state index >= 15 is 0 Å². The van der Waals surface area contributed by atoms with E-state index in [2.05, 4.69) is 6.07 Å². The normalized spacial score (nSPS) is 19.1. The summed E-state index contributed by atoms with van der Waals surface area (Å²) in [5.74, 6) is -3.60. The molecule has 0 fully saturated rings. The van der Waals surface area contributed by atoms with Gasteiger partial charge in [-0.25, -0.2) is 0 Å². The molecule has 0 radical (unpaired) electrons. The van der Waals surface area contributed by atoms with Crippen molar-refractivity contribution in [1.29, 1.82) is 5.26 Å². The summed E-state index contributed by atoms with van der Waals surface area (Å²) in [7, 11) is 0. The molecule has 180 valence electrons. The number of ether oxygens (including phenoxy) is 5. The van der Waals surface area contributed by atoms with Crippen molar-refractivity contribution in [3.05, 3.63) is 83.4 Å². The number of benzene rings is 2. The van der Waals surface area contributed by atoms with Crippen LogP contribution in [-0.2, 0) is 23.7 Å². The van der Waals surface area contributed by atoms with Crippen molar-refractivity contribution in [3.8, 4) is 6.07 Å². The van der Waals surface area contributed by atoms with Crippen LogP contribution < -0.4 is 0 Å². The van der Waals surface area contributed by atoms with Crippen LogP contribution in [-0.4, -0.2) is 38.2 Å². The van der Waals surface area contributed by atoms with Crippen molar-refractivity contribution in [3.63, 3.8) is 0 Å². The van der Waals surface area contributed by atoms with E-state index < -0.39 is 17.7 Å². The van der Waals surface area contributed by atoms with Gasteiger partial charge >= 0.3 is 5.97 Å². The van der Waals surface area contributed by atoms with Crippen molar-refractivity contribution in [2.45, 2.75) is 39.5 Å². The highest BCUT2D eigenvalue weighted by Gasteiger charge is 2.67. The molecule has 0 bridgehead atoms. The molecule has 1 aliphatic rings. The minimum atomic E-state index is -1.74. The van der Waals surface area contributed by atoms with Crippen LogP contribution in [0.4, 0.5) is 0 Å². The fourth-order valence-corrected chi connectivity index (χ4v) is 4.21. The lowest BCUT2D eigenvalue weighted by Gasteiger charge is -2.52. The smallest absolute Gasteiger partial charge is 0.385 e. The summed E-state index contributed by atoms with van der Waals surface area (Å²) in [4.78, 5) is 0. The molecule has 1 unspecified atom stereocenters. The predicted molar refractivity (Wildman–Crippen MR) is 131 cm³/mol. The third-order valence-electron chi connectivity index (χ3n) is 5.45. The van der Waals surface area contributed by atoms with Gasteiger partial charge in [-0.05, 0) is 33.3 Å². The summed E-state index contributed by atoms with van der Waals surface area (Å²) in [5.41, 5.74) is 2.09. The molecule has 0 aromatic heterocycles. The third kappa shape index (κ3) is 4.94. The topological polar surface area (TPSA) is 69.9 Å². The maximum absolute atomic E-state index is 10.4. The highest BCUT2D eigenvalue weighted by Crippen LogP contribution is 2.51. The molecule has 6 heteroatoms. The van der Waals surface area contributed by atoms with Gasteiger partial charge in [0, 0.05) is 18.8 Å². The fourth-order valence-electron chi connectivity index (χ4n) is 4.21. The maximum atomic E-state index is 10.4. The van der Waals surface area contributed by atoms with E-state index in [1.54, 1.807) is 0 Å². The second-order valence-electron chi connectivity index (χ2n) is 7.53. The molecule has 1 atom stereocenters. The molecule has 0 saturated heterocycles. The van der Waals surface area contributed by atoms with Crippen molar-refractivity contribution in [2.75, 3.05) is 26.4 Å². The maximum Gasteiger partial charge on any atom is 0.385 e. The van der Waals surface area contributed by atoms with Crippen LogP contribution in [0.25, 0.3) is 11.8 Å². The molecule has 0 spiro atoms. The van der Waals surface area contributed by atoms with Crippen LogP contribution in [0, 0.1) is 17.2 Å². The second kappa shape index (κ2) is 12.0. The van der Waals surface area contributed by atoms with E-state index in [1.807, 2.05) is 101 Å². The van der Waals surface area contributed by atoms with Crippen molar-refractivity contribution in [2.24, 2.45) is 5.92 Å². The molecule has 1 aliphatic heterocycles. The van der Waals surface area contributed by atoms with Gasteiger partial charge in [-0.2, -0.15) is 5.26 Å². The van der Waals surface area contributed by atoms with Crippen molar-refractivity contribution >= 4 is 11.8 Å². The van der Waals surface area contributed by atoms with Crippen LogP contribution in [0.15, 0.2) is 72.3 Å². The average molecular weight is 464 g/mol. The minimum absolute atomic E-state index is 0.279. The SMILES string of the molecule is CCOC1(OCC)OC(c2ccccc2)=C(C#N)C(/C=C\c2ccccc2)C1(OCC)OCC. The first kappa shape index (κ1) is 25.7. The monoisotopic (exact) mass is 463 g/mol. The van der Waals surface area contributed by atoms with E-state index in [-0.39, 0.29) is 13.2 Å². The highest BCUT2D eigenvalue weighted by molar-refractivity contribution is 5.70. The molecule has 0 aliphatic carbocycles. The second-order valence-corrected chi connectivity index (χ2v) is 7.53. The molecule has 2 aromatic carbocycles. The van der Waals surface area contributed by atoms with Crippen molar-refractivity contribution < 1.29 is 23.7 Å². The predicted octanol–water partition coefficient (Wildman–Crippen LogP) is 5.78. The Bertz CT molecular complexity index is 998. The van der Waals surface area contributed by atoms with Crippen LogP contribution >= 0.6 is 0 Å². The van der Waals surface area contributed by atoms with Gasteiger partial charge in [-0.3, -0.25) is 0 Å². The molecule has 0 N–H and O–H groups in total. The first-order valence-electron chi connectivity index (χ1n) is 11.8. The van der Waals surface area contributed by atoms with Crippen LogP contribution in [0.3, 0.4) is 0 Å². The van der Waals surface area contributed by atoms with E-state index in [1.165, 1.54) is 0 Å². The third-order valence-corrected chi connectivity index (χ3v) is 5.45. The first-order chi connectivity index (χ1) is 16.6. The van der Waals surface area contributed by atoms with Gasteiger partial charge in [-0.1, -0.05) is 72.8 Å². The Hall–Kier alpha value is -2.95. The molecular formula is C28H33NO5. The summed E-state index contributed by atoms with van der Waals surface area (Å²) in [6.07, 6.45) is 3.86. The minimum Gasteiger partial charge on any atom is -0.433 e. The zero-order valence-corrected chi connectivity index (χ0v) is 20.3. The zero-order chi connectivity index (χ0) is 24.4. The molecule has 6 nitrogen and oxygen atoms in total. The van der Waals surface area contributed by atoms with Crippen LogP contribution in [0.5, 0.6) is 0 Å². The fraction of sp³-hybridized carbons (Fsp3) is 0.393. The summed E-state index contributed by atoms with van der Waals surface area (Å²) in [6, 6.07) is 21.7. The number of hydrogen-bond donors (Lipinski definition) is 0. The molecule has 34 heavy (non-hydrogen) atoms. The van der Waals surface area contributed by atoms with E-state index in [0.717, 1.165) is 11.1 Å². The van der Waals surface area contributed by atoms with E-state index in [0.29, 0.717) is 24.5 Å². The summed E-state index contributed by atoms with van der Waals surface area (Å²) < 4.78 is 31.5. The molecule has 0 saturated carbocycles. The Morgan fingerprint density at radius 1 is 0.824 bits per heavy atom. The lowest BCUT2D eigenvalue weighted by molar-refractivity contribution is -0.492. The van der Waals surface area contributed by atoms with Crippen LogP contribution in [0.2, 0.25) is 0 Å². The Morgan fingerprint density at radius 2 is 1.35 bits per heavy atom.